The Bertz CT molecular complexity index is 1200. The summed E-state index contributed by atoms with van der Waals surface area (Å²) in [7, 11) is -3.18. The van der Waals surface area contributed by atoms with Crippen LogP contribution in [0.5, 0.6) is 0 Å². The van der Waals surface area contributed by atoms with Gasteiger partial charge >= 0.3 is 0 Å². The van der Waals surface area contributed by atoms with Gasteiger partial charge in [-0.3, -0.25) is 15.3 Å². The largest absolute Gasteiger partial charge is 0.280 e. The second-order valence-electron chi connectivity index (χ2n) is 6.98. The van der Waals surface area contributed by atoms with E-state index in [0.717, 1.165) is 26.9 Å². The van der Waals surface area contributed by atoms with Crippen molar-refractivity contribution in [2.75, 3.05) is 6.26 Å². The average molecular weight is 424 g/mol. The third-order valence-corrected chi connectivity index (χ3v) is 6.83. The van der Waals surface area contributed by atoms with Crippen LogP contribution in [0.1, 0.15) is 24.1 Å². The van der Waals surface area contributed by atoms with Gasteiger partial charge in [-0.15, -0.1) is 0 Å². The molecule has 2 unspecified atom stereocenters. The quantitative estimate of drug-likeness (QED) is 0.657. The molecular weight excluding hydrogens is 402 g/mol. The molecule has 0 amide bonds. The van der Waals surface area contributed by atoms with Crippen LogP contribution in [0.3, 0.4) is 0 Å². The minimum atomic E-state index is -3.18. The van der Waals surface area contributed by atoms with E-state index in [-0.39, 0.29) is 11.5 Å². The number of benzene rings is 2. The van der Waals surface area contributed by atoms with Gasteiger partial charge in [0.2, 0.25) is 0 Å². The molecule has 0 spiro atoms. The van der Waals surface area contributed by atoms with Crippen LogP contribution in [0.15, 0.2) is 75.6 Å². The fraction of sp³-hybridized carbons (Fsp3) is 0.182. The topological polar surface area (TPSA) is 71.4 Å². The van der Waals surface area contributed by atoms with Crippen LogP contribution in [-0.4, -0.2) is 31.4 Å². The fourth-order valence-electron chi connectivity index (χ4n) is 3.14. The standard InChI is InChI=1S/C22H21N3O2S2/c1-15(17-6-8-20(9-7-17)29(2,26)27)25-22-24-14-19(28-22)13-16-5-10-21-18(12-16)4-3-11-23-21/h3-15,22,25H,1-2H3/b19-13-. The zero-order valence-electron chi connectivity index (χ0n) is 16.1. The summed E-state index contributed by atoms with van der Waals surface area (Å²) in [6.45, 7) is 2.05. The molecule has 2 atom stereocenters. The molecule has 0 fully saturated rings. The third kappa shape index (κ3) is 4.75. The molecule has 1 aromatic heterocycles. The van der Waals surface area contributed by atoms with Crippen molar-refractivity contribution in [2.45, 2.75) is 23.4 Å². The van der Waals surface area contributed by atoms with Crippen LogP contribution in [0.4, 0.5) is 0 Å². The minimum absolute atomic E-state index is 0.0457. The lowest BCUT2D eigenvalue weighted by Gasteiger charge is -2.17. The van der Waals surface area contributed by atoms with Crippen LogP contribution >= 0.6 is 11.8 Å². The zero-order chi connectivity index (χ0) is 20.4. The molecular formula is C22H21N3O2S2. The molecule has 0 saturated heterocycles. The van der Waals surface area contributed by atoms with Crippen molar-refractivity contribution in [2.24, 2.45) is 4.99 Å². The minimum Gasteiger partial charge on any atom is -0.280 e. The molecule has 0 radical (unpaired) electrons. The Morgan fingerprint density at radius 2 is 1.93 bits per heavy atom. The number of aromatic nitrogens is 1. The summed E-state index contributed by atoms with van der Waals surface area (Å²) in [5, 5.41) is 4.58. The predicted molar refractivity (Wildman–Crippen MR) is 121 cm³/mol. The maximum Gasteiger partial charge on any atom is 0.175 e. The van der Waals surface area contributed by atoms with E-state index in [2.05, 4.69) is 39.6 Å². The molecule has 3 aromatic rings. The molecule has 2 aromatic carbocycles. The van der Waals surface area contributed by atoms with Gasteiger partial charge in [-0.1, -0.05) is 36.0 Å². The number of fused-ring (bicyclic) bond motifs is 1. The normalized spacial score (nSPS) is 19.1. The Morgan fingerprint density at radius 3 is 2.69 bits per heavy atom. The van der Waals surface area contributed by atoms with Crippen molar-refractivity contribution < 1.29 is 8.42 Å². The predicted octanol–water partition coefficient (Wildman–Crippen LogP) is 4.43. The molecule has 0 aliphatic carbocycles. The summed E-state index contributed by atoms with van der Waals surface area (Å²) in [6.07, 6.45) is 7.02. The highest BCUT2D eigenvalue weighted by Crippen LogP contribution is 2.30. The van der Waals surface area contributed by atoms with E-state index in [1.807, 2.05) is 37.4 Å². The van der Waals surface area contributed by atoms with Gasteiger partial charge in [-0.05, 0) is 54.5 Å². The average Bonchev–Trinajstić information content (AvgIpc) is 3.14. The molecule has 4 rings (SSSR count). The molecule has 29 heavy (non-hydrogen) atoms. The molecule has 0 saturated carbocycles. The van der Waals surface area contributed by atoms with Crippen molar-refractivity contribution in [1.82, 2.24) is 10.3 Å². The lowest BCUT2D eigenvalue weighted by molar-refractivity contribution is 0.565. The summed E-state index contributed by atoms with van der Waals surface area (Å²) in [5.74, 6) is 0. The SMILES string of the molecule is CC(NC1N=C/C(=C/c2ccc3ncccc3c2)S1)c1ccc(S(C)(=O)=O)cc1. The van der Waals surface area contributed by atoms with Gasteiger partial charge in [0.25, 0.3) is 0 Å². The highest BCUT2D eigenvalue weighted by molar-refractivity contribution is 8.04. The van der Waals surface area contributed by atoms with Crippen molar-refractivity contribution in [3.63, 3.8) is 0 Å². The Labute approximate surface area is 174 Å². The smallest absolute Gasteiger partial charge is 0.175 e. The van der Waals surface area contributed by atoms with E-state index in [1.165, 1.54) is 6.26 Å². The molecule has 2 heterocycles. The van der Waals surface area contributed by atoms with Gasteiger partial charge in [0.1, 0.15) is 0 Å². The van der Waals surface area contributed by atoms with Gasteiger partial charge in [0.05, 0.1) is 10.4 Å². The van der Waals surface area contributed by atoms with E-state index in [0.29, 0.717) is 4.90 Å². The zero-order valence-corrected chi connectivity index (χ0v) is 17.7. The molecule has 1 N–H and O–H groups in total. The van der Waals surface area contributed by atoms with Gasteiger partial charge in [-0.2, -0.15) is 0 Å². The van der Waals surface area contributed by atoms with E-state index in [4.69, 9.17) is 0 Å². The van der Waals surface area contributed by atoms with Gasteiger partial charge < -0.3 is 0 Å². The van der Waals surface area contributed by atoms with Crippen molar-refractivity contribution in [3.8, 4) is 0 Å². The van der Waals surface area contributed by atoms with Crippen molar-refractivity contribution in [1.29, 1.82) is 0 Å². The maximum absolute atomic E-state index is 11.6. The van der Waals surface area contributed by atoms with Gasteiger partial charge in [0.15, 0.2) is 15.3 Å². The first kappa shape index (κ1) is 19.8. The number of thioether (sulfide) groups is 1. The van der Waals surface area contributed by atoms with E-state index < -0.39 is 9.84 Å². The second kappa shape index (κ2) is 8.10. The summed E-state index contributed by atoms with van der Waals surface area (Å²) in [4.78, 5) is 10.3. The maximum atomic E-state index is 11.6. The molecule has 1 aliphatic heterocycles. The van der Waals surface area contributed by atoms with Crippen LogP contribution in [0, 0.1) is 0 Å². The number of allylic oxidation sites excluding steroid dienone is 1. The molecule has 1 aliphatic rings. The van der Waals surface area contributed by atoms with Crippen LogP contribution < -0.4 is 5.32 Å². The van der Waals surface area contributed by atoms with Crippen LogP contribution in [0.25, 0.3) is 17.0 Å². The Kier molecular flexibility index (Phi) is 5.54. The molecule has 148 valence electrons. The van der Waals surface area contributed by atoms with E-state index >= 15 is 0 Å². The number of pyridine rings is 1. The number of rotatable bonds is 5. The molecule has 5 nitrogen and oxygen atoms in total. The van der Waals surface area contributed by atoms with E-state index in [1.54, 1.807) is 30.1 Å². The number of hydrogen-bond donors (Lipinski definition) is 1. The lowest BCUT2D eigenvalue weighted by Crippen LogP contribution is -2.25. The summed E-state index contributed by atoms with van der Waals surface area (Å²) < 4.78 is 23.2. The fourth-order valence-corrected chi connectivity index (χ4v) is 4.75. The number of hydrogen-bond acceptors (Lipinski definition) is 6. The molecule has 7 heteroatoms. The van der Waals surface area contributed by atoms with Crippen molar-refractivity contribution >= 4 is 44.8 Å². The Balaban J connectivity index is 1.41. The van der Waals surface area contributed by atoms with Crippen LogP contribution in [0.2, 0.25) is 0 Å². The second-order valence-corrected chi connectivity index (χ2v) is 10.1. The lowest BCUT2D eigenvalue weighted by atomic mass is 10.1. The first-order valence-corrected chi connectivity index (χ1v) is 12.0. The number of nitrogens with zero attached hydrogens (tertiary/aromatic N) is 2. The summed E-state index contributed by atoms with van der Waals surface area (Å²) in [6, 6.07) is 17.2. The van der Waals surface area contributed by atoms with Crippen LogP contribution in [-0.2, 0) is 9.84 Å². The third-order valence-electron chi connectivity index (χ3n) is 4.72. The first-order chi connectivity index (χ1) is 13.9. The Morgan fingerprint density at radius 1 is 1.14 bits per heavy atom. The molecule has 0 bridgehead atoms. The highest BCUT2D eigenvalue weighted by atomic mass is 32.2. The number of sulfone groups is 1. The van der Waals surface area contributed by atoms with Gasteiger partial charge in [0, 0.05) is 35.0 Å². The summed E-state index contributed by atoms with van der Waals surface area (Å²) >= 11 is 1.66. The number of aliphatic imine (C=N–C) groups is 1. The van der Waals surface area contributed by atoms with Gasteiger partial charge in [-0.25, -0.2) is 8.42 Å². The summed E-state index contributed by atoms with van der Waals surface area (Å²) in [5.41, 5.74) is 3.04. The number of nitrogens with one attached hydrogen (secondary N) is 1. The Hall–Kier alpha value is -2.48. The monoisotopic (exact) mass is 423 g/mol. The first-order valence-electron chi connectivity index (χ1n) is 9.21. The highest BCUT2D eigenvalue weighted by Gasteiger charge is 2.19. The van der Waals surface area contributed by atoms with Crippen molar-refractivity contribution in [3.05, 3.63) is 76.8 Å². The van der Waals surface area contributed by atoms with E-state index in [9.17, 15) is 8.42 Å².